The molecule has 1 aliphatic heterocycles. The van der Waals surface area contributed by atoms with E-state index in [0.717, 1.165) is 16.5 Å². The third-order valence-corrected chi connectivity index (χ3v) is 3.74. The summed E-state index contributed by atoms with van der Waals surface area (Å²) < 4.78 is 0. The van der Waals surface area contributed by atoms with Crippen LogP contribution in [0.15, 0.2) is 41.6 Å². The lowest BCUT2D eigenvalue weighted by molar-refractivity contribution is -0.128. The number of aromatic nitrogens is 1. The van der Waals surface area contributed by atoms with Crippen LogP contribution in [0.5, 0.6) is 0 Å². The minimum absolute atomic E-state index is 0.120. The van der Waals surface area contributed by atoms with E-state index in [1.54, 1.807) is 6.20 Å². The quantitative estimate of drug-likeness (QED) is 0.490. The van der Waals surface area contributed by atoms with Crippen LogP contribution in [0.4, 0.5) is 0 Å². The van der Waals surface area contributed by atoms with E-state index in [4.69, 9.17) is 5.53 Å². The molecule has 1 aromatic heterocycles. The van der Waals surface area contributed by atoms with Crippen LogP contribution in [-0.2, 0) is 11.3 Å². The van der Waals surface area contributed by atoms with Crippen molar-refractivity contribution >= 4 is 16.8 Å². The van der Waals surface area contributed by atoms with Gasteiger partial charge in [0.25, 0.3) is 0 Å². The molecule has 2 heterocycles. The Morgan fingerprint density at radius 3 is 3.19 bits per heavy atom. The summed E-state index contributed by atoms with van der Waals surface area (Å²) >= 11 is 0. The van der Waals surface area contributed by atoms with Crippen molar-refractivity contribution in [2.45, 2.75) is 13.0 Å². The zero-order valence-electron chi connectivity index (χ0n) is 11.5. The van der Waals surface area contributed by atoms with Crippen LogP contribution >= 0.6 is 0 Å². The largest absolute Gasteiger partial charge is 0.338 e. The van der Waals surface area contributed by atoms with Crippen molar-refractivity contribution in [3.05, 3.63) is 52.5 Å². The number of fused-ring (bicyclic) bond motifs is 1. The van der Waals surface area contributed by atoms with Crippen LogP contribution < -0.4 is 0 Å². The molecule has 1 fully saturated rings. The molecule has 106 valence electrons. The van der Waals surface area contributed by atoms with E-state index in [9.17, 15) is 4.79 Å². The second-order valence-corrected chi connectivity index (χ2v) is 5.29. The summed E-state index contributed by atoms with van der Waals surface area (Å²) in [5, 5.41) is 4.66. The lowest BCUT2D eigenvalue weighted by atomic mass is 10.1. The van der Waals surface area contributed by atoms with Crippen LogP contribution in [0.25, 0.3) is 21.3 Å². The van der Waals surface area contributed by atoms with Crippen LogP contribution in [0, 0.1) is 5.92 Å². The zero-order valence-corrected chi connectivity index (χ0v) is 11.5. The number of azide groups is 1. The Kier molecular flexibility index (Phi) is 3.71. The van der Waals surface area contributed by atoms with E-state index in [1.807, 2.05) is 35.2 Å². The third-order valence-electron chi connectivity index (χ3n) is 3.74. The Labute approximate surface area is 122 Å². The maximum Gasteiger partial charge on any atom is 0.223 e. The van der Waals surface area contributed by atoms with E-state index >= 15 is 0 Å². The lowest BCUT2D eigenvalue weighted by Gasteiger charge is -2.16. The standard InChI is InChI=1S/C15H15N5O/c16-19-18-8-12-7-15(21)20(10-12)9-11-3-4-13-2-1-5-17-14(13)6-11/h1-6,12H,7-10H2. The van der Waals surface area contributed by atoms with Crippen LogP contribution in [-0.4, -0.2) is 28.9 Å². The average Bonchev–Trinajstić information content (AvgIpc) is 2.85. The van der Waals surface area contributed by atoms with Crippen molar-refractivity contribution in [2.75, 3.05) is 13.1 Å². The van der Waals surface area contributed by atoms with Crippen molar-refractivity contribution in [3.8, 4) is 0 Å². The van der Waals surface area contributed by atoms with Gasteiger partial charge >= 0.3 is 0 Å². The second-order valence-electron chi connectivity index (χ2n) is 5.29. The maximum atomic E-state index is 12.0. The highest BCUT2D eigenvalue weighted by atomic mass is 16.2. The summed E-state index contributed by atoms with van der Waals surface area (Å²) in [5.74, 6) is 0.251. The van der Waals surface area contributed by atoms with Crippen molar-refractivity contribution in [2.24, 2.45) is 11.0 Å². The van der Waals surface area contributed by atoms with Crippen LogP contribution in [0.1, 0.15) is 12.0 Å². The molecule has 0 aliphatic carbocycles. The Balaban J connectivity index is 1.73. The Morgan fingerprint density at radius 2 is 2.33 bits per heavy atom. The first-order valence-corrected chi connectivity index (χ1v) is 6.88. The van der Waals surface area contributed by atoms with Crippen LogP contribution in [0.2, 0.25) is 0 Å². The highest BCUT2D eigenvalue weighted by Gasteiger charge is 2.28. The summed E-state index contributed by atoms with van der Waals surface area (Å²) in [5.41, 5.74) is 10.4. The molecule has 2 aromatic rings. The van der Waals surface area contributed by atoms with E-state index in [2.05, 4.69) is 15.0 Å². The van der Waals surface area contributed by atoms with E-state index in [-0.39, 0.29) is 11.8 Å². The molecule has 1 aromatic carbocycles. The van der Waals surface area contributed by atoms with E-state index in [0.29, 0.717) is 26.1 Å². The van der Waals surface area contributed by atoms with Gasteiger partial charge in [0.05, 0.1) is 5.52 Å². The highest BCUT2D eigenvalue weighted by molar-refractivity contribution is 5.80. The fourth-order valence-electron chi connectivity index (χ4n) is 2.71. The van der Waals surface area contributed by atoms with Crippen molar-refractivity contribution in [3.63, 3.8) is 0 Å². The van der Waals surface area contributed by atoms with Gasteiger partial charge in [-0.25, -0.2) is 0 Å². The van der Waals surface area contributed by atoms with Crippen molar-refractivity contribution < 1.29 is 4.79 Å². The number of amides is 1. The smallest absolute Gasteiger partial charge is 0.223 e. The molecular weight excluding hydrogens is 266 g/mol. The number of nitrogens with zero attached hydrogens (tertiary/aromatic N) is 5. The fourth-order valence-corrected chi connectivity index (χ4v) is 2.71. The molecule has 1 amide bonds. The number of rotatable bonds is 4. The zero-order chi connectivity index (χ0) is 14.7. The Bertz CT molecular complexity index is 723. The van der Waals surface area contributed by atoms with Crippen molar-refractivity contribution in [1.82, 2.24) is 9.88 Å². The number of hydrogen-bond donors (Lipinski definition) is 0. The molecule has 21 heavy (non-hydrogen) atoms. The van der Waals surface area contributed by atoms with Gasteiger partial charge < -0.3 is 4.90 Å². The number of carbonyl (C=O) groups excluding carboxylic acids is 1. The normalized spacial score (nSPS) is 18.0. The predicted molar refractivity (Wildman–Crippen MR) is 79.3 cm³/mol. The minimum atomic E-state index is 0.120. The van der Waals surface area contributed by atoms with E-state index in [1.165, 1.54) is 0 Å². The Morgan fingerprint density at radius 1 is 1.43 bits per heavy atom. The van der Waals surface area contributed by atoms with E-state index < -0.39 is 0 Å². The van der Waals surface area contributed by atoms with Gasteiger partial charge in [-0.15, -0.1) is 0 Å². The molecular formula is C15H15N5O. The molecule has 0 saturated carbocycles. The molecule has 3 rings (SSSR count). The first-order valence-electron chi connectivity index (χ1n) is 6.88. The van der Waals surface area contributed by atoms with Gasteiger partial charge in [-0.05, 0) is 29.1 Å². The number of pyridine rings is 1. The summed E-state index contributed by atoms with van der Waals surface area (Å²) in [6.07, 6.45) is 2.23. The SMILES string of the molecule is [N-]=[N+]=NCC1CC(=O)N(Cc2ccc3cccnc3c2)C1. The monoisotopic (exact) mass is 281 g/mol. The molecule has 0 N–H and O–H groups in total. The lowest BCUT2D eigenvalue weighted by Crippen LogP contribution is -2.24. The minimum Gasteiger partial charge on any atom is -0.338 e. The molecule has 6 heteroatoms. The van der Waals surface area contributed by atoms with Gasteiger partial charge in [0.15, 0.2) is 0 Å². The Hall–Kier alpha value is -2.59. The van der Waals surface area contributed by atoms with Gasteiger partial charge in [0, 0.05) is 42.5 Å². The molecule has 1 saturated heterocycles. The second kappa shape index (κ2) is 5.81. The van der Waals surface area contributed by atoms with Gasteiger partial charge in [0.1, 0.15) is 0 Å². The average molecular weight is 281 g/mol. The molecule has 6 nitrogen and oxygen atoms in total. The first-order chi connectivity index (χ1) is 10.3. The highest BCUT2D eigenvalue weighted by Crippen LogP contribution is 2.22. The van der Waals surface area contributed by atoms with Gasteiger partial charge in [-0.3, -0.25) is 9.78 Å². The fraction of sp³-hybridized carbons (Fsp3) is 0.333. The third kappa shape index (κ3) is 2.95. The topological polar surface area (TPSA) is 82.0 Å². The number of carbonyl (C=O) groups is 1. The number of hydrogen-bond acceptors (Lipinski definition) is 3. The molecule has 1 unspecified atom stereocenters. The molecule has 0 radical (unpaired) electrons. The molecule has 0 spiro atoms. The summed E-state index contributed by atoms with van der Waals surface area (Å²) in [4.78, 5) is 20.9. The van der Waals surface area contributed by atoms with Gasteiger partial charge in [0.2, 0.25) is 5.91 Å². The van der Waals surface area contributed by atoms with Crippen molar-refractivity contribution in [1.29, 1.82) is 0 Å². The maximum absolute atomic E-state index is 12.0. The predicted octanol–water partition coefficient (Wildman–Crippen LogP) is 2.89. The number of likely N-dealkylation sites (tertiary alicyclic amines) is 1. The summed E-state index contributed by atoms with van der Waals surface area (Å²) in [6.45, 7) is 1.62. The van der Waals surface area contributed by atoms with Gasteiger partial charge in [-0.1, -0.05) is 23.3 Å². The van der Waals surface area contributed by atoms with Crippen LogP contribution in [0.3, 0.4) is 0 Å². The molecule has 1 atom stereocenters. The number of benzene rings is 1. The summed E-state index contributed by atoms with van der Waals surface area (Å²) in [7, 11) is 0. The first kappa shape index (κ1) is 13.4. The molecule has 0 bridgehead atoms. The summed E-state index contributed by atoms with van der Waals surface area (Å²) in [6, 6.07) is 9.99. The van der Waals surface area contributed by atoms with Gasteiger partial charge in [-0.2, -0.15) is 0 Å². The molecule has 1 aliphatic rings.